The molecular formula is C43H56ClN7O10S3. The third kappa shape index (κ3) is 9.12. The molecule has 0 spiro atoms. The van der Waals surface area contributed by atoms with Crippen molar-refractivity contribution in [3.05, 3.63) is 47.0 Å². The van der Waals surface area contributed by atoms with E-state index in [1.807, 2.05) is 19.2 Å². The van der Waals surface area contributed by atoms with Gasteiger partial charge in [-0.05, 0) is 42.7 Å². The number of piperazine rings is 1. The molecule has 2 saturated carbocycles. The molecule has 3 amide bonds. The van der Waals surface area contributed by atoms with Gasteiger partial charge in [0.2, 0.25) is 31.9 Å². The fraction of sp³-hybridized carbons (Fsp3) is 0.605. The van der Waals surface area contributed by atoms with Crippen LogP contribution in [0.4, 0.5) is 0 Å². The highest BCUT2D eigenvalue weighted by Crippen LogP contribution is 2.47. The van der Waals surface area contributed by atoms with Crippen LogP contribution in [-0.2, 0) is 39.2 Å². The van der Waals surface area contributed by atoms with Gasteiger partial charge in [-0.3, -0.25) is 24.0 Å². The number of benzene rings is 1. The zero-order valence-corrected chi connectivity index (χ0v) is 40.0. The number of hydrogen-bond donors (Lipinski definition) is 2. The number of thiazole rings is 1. The minimum atomic E-state index is -3.98. The van der Waals surface area contributed by atoms with Crippen molar-refractivity contribution in [3.63, 3.8) is 0 Å². The number of aromatic nitrogens is 2. The molecule has 5 aliphatic rings. The van der Waals surface area contributed by atoms with E-state index in [1.165, 1.54) is 26.6 Å². The number of nitrogens with one attached hydrogen (secondary N) is 2. The zero-order valence-electron chi connectivity index (χ0n) is 36.8. The fourth-order valence-electron chi connectivity index (χ4n) is 8.96. The van der Waals surface area contributed by atoms with Gasteiger partial charge in [-0.25, -0.2) is 26.8 Å². The predicted molar refractivity (Wildman–Crippen MR) is 242 cm³/mol. The molecule has 3 saturated heterocycles. The van der Waals surface area contributed by atoms with E-state index in [0.29, 0.717) is 72.3 Å². The van der Waals surface area contributed by atoms with Crippen LogP contribution in [0.2, 0.25) is 5.02 Å². The van der Waals surface area contributed by atoms with Crippen LogP contribution in [0.5, 0.6) is 11.5 Å². The molecule has 21 heteroatoms. The standard InChI is InChI=1S/C43H56ClN7O10S3/c1-8-25-21-43(25,41(54)48-64(57,58)26-9-10-26)47-38(52)30-20-34(31-22-50(63(7,55)56)37(42(4,5)6)40(53)51(30)31)61-33-19-28(39-46-29(23-62-39)24(2)3)45-36-27(33)11-12-32(35(36)44)60-18-15-49-13-16-59-17-14-49/h8,11-12,19,23-26,30-31,34,37H,1,9-10,13-18,20-22H2,2-7H3,(H,47,52)(H,48,54)/t25-,30+,31-,34-,37+,43-/m1/s1. The second-order valence-corrected chi connectivity index (χ2v) is 24.0. The minimum Gasteiger partial charge on any atom is -0.491 e. The third-order valence-corrected chi connectivity index (χ3v) is 17.0. The van der Waals surface area contributed by atoms with Crippen molar-refractivity contribution < 1.29 is 45.4 Å². The van der Waals surface area contributed by atoms with Crippen LogP contribution in [-0.4, -0.2) is 146 Å². The highest BCUT2D eigenvalue weighted by atomic mass is 35.5. The lowest BCUT2D eigenvalue weighted by molar-refractivity contribution is -0.152. The lowest BCUT2D eigenvalue weighted by atomic mass is 9.84. The number of hydrogen-bond acceptors (Lipinski definition) is 14. The summed E-state index contributed by atoms with van der Waals surface area (Å²) in [5.74, 6) is -1.89. The molecule has 8 rings (SSSR count). The first-order valence-electron chi connectivity index (χ1n) is 21.6. The molecule has 6 atom stereocenters. The normalized spacial score (nSPS) is 26.8. The number of carbonyl (C=O) groups excluding carboxylic acids is 3. The largest absolute Gasteiger partial charge is 0.491 e. The molecule has 64 heavy (non-hydrogen) atoms. The van der Waals surface area contributed by atoms with E-state index in [0.717, 1.165) is 25.0 Å². The molecule has 0 bridgehead atoms. The van der Waals surface area contributed by atoms with Crippen LogP contribution in [0.25, 0.3) is 21.6 Å². The number of morpholine rings is 1. The smallest absolute Gasteiger partial charge is 0.259 e. The van der Waals surface area contributed by atoms with Crippen molar-refractivity contribution >= 4 is 71.6 Å². The van der Waals surface area contributed by atoms with Gasteiger partial charge in [-0.15, -0.1) is 17.9 Å². The van der Waals surface area contributed by atoms with E-state index < -0.39 is 84.1 Å². The fourth-order valence-corrected chi connectivity index (χ4v) is 12.7. The Morgan fingerprint density at radius 1 is 1.12 bits per heavy atom. The van der Waals surface area contributed by atoms with E-state index in [-0.39, 0.29) is 30.3 Å². The maximum atomic E-state index is 14.9. The number of pyridine rings is 1. The molecule has 348 valence electrons. The molecule has 3 aromatic rings. The summed E-state index contributed by atoms with van der Waals surface area (Å²) >= 11 is 8.52. The summed E-state index contributed by atoms with van der Waals surface area (Å²) in [5.41, 5.74) is -0.817. The Balaban J connectivity index is 1.17. The summed E-state index contributed by atoms with van der Waals surface area (Å²) in [5, 5.41) is 5.46. The van der Waals surface area contributed by atoms with Gasteiger partial charge in [0.15, 0.2) is 0 Å². The molecule has 5 heterocycles. The number of fused-ring (bicyclic) bond motifs is 2. The van der Waals surface area contributed by atoms with Crippen LogP contribution in [0.15, 0.2) is 36.2 Å². The Hall–Kier alpha value is -3.92. The number of rotatable bonds is 15. The second-order valence-electron chi connectivity index (χ2n) is 18.8. The van der Waals surface area contributed by atoms with Gasteiger partial charge in [0, 0.05) is 55.4 Å². The predicted octanol–water partition coefficient (Wildman–Crippen LogP) is 3.92. The second kappa shape index (κ2) is 17.4. The van der Waals surface area contributed by atoms with Gasteiger partial charge in [0.25, 0.3) is 5.91 Å². The highest BCUT2D eigenvalue weighted by molar-refractivity contribution is 7.91. The highest BCUT2D eigenvalue weighted by Gasteiger charge is 2.64. The first-order chi connectivity index (χ1) is 30.1. The van der Waals surface area contributed by atoms with E-state index in [4.69, 9.17) is 35.8 Å². The van der Waals surface area contributed by atoms with Gasteiger partial charge in [-0.1, -0.05) is 52.3 Å². The Kier molecular flexibility index (Phi) is 12.7. The van der Waals surface area contributed by atoms with Crippen molar-refractivity contribution in [2.75, 3.05) is 52.3 Å². The zero-order chi connectivity index (χ0) is 46.1. The number of sulfonamides is 2. The summed E-state index contributed by atoms with van der Waals surface area (Å²) in [6.07, 6.45) is 2.44. The van der Waals surface area contributed by atoms with Gasteiger partial charge in [0.1, 0.15) is 57.6 Å². The van der Waals surface area contributed by atoms with E-state index in [1.54, 1.807) is 39.0 Å². The Labute approximate surface area is 383 Å². The van der Waals surface area contributed by atoms with Crippen molar-refractivity contribution in [2.45, 2.75) is 101 Å². The number of carbonyl (C=O) groups is 3. The van der Waals surface area contributed by atoms with E-state index in [9.17, 15) is 31.2 Å². The van der Waals surface area contributed by atoms with Crippen LogP contribution in [0, 0.1) is 11.3 Å². The number of halogens is 1. The minimum absolute atomic E-state index is 0.0993. The van der Waals surface area contributed by atoms with Crippen molar-refractivity contribution in [2.24, 2.45) is 11.3 Å². The van der Waals surface area contributed by atoms with Crippen molar-refractivity contribution in [3.8, 4) is 22.2 Å². The van der Waals surface area contributed by atoms with Crippen LogP contribution >= 0.6 is 22.9 Å². The molecule has 0 unspecified atom stereocenters. The summed E-state index contributed by atoms with van der Waals surface area (Å²) < 4.78 is 74.7. The van der Waals surface area contributed by atoms with Crippen LogP contribution < -0.4 is 19.5 Å². The quantitative estimate of drug-likeness (QED) is 0.208. The van der Waals surface area contributed by atoms with E-state index >= 15 is 0 Å². The van der Waals surface area contributed by atoms with Crippen molar-refractivity contribution in [1.82, 2.24) is 34.1 Å². The lowest BCUT2D eigenvalue weighted by Gasteiger charge is -2.48. The summed E-state index contributed by atoms with van der Waals surface area (Å²) in [4.78, 5) is 56.7. The number of amides is 3. The molecule has 1 aromatic carbocycles. The maximum absolute atomic E-state index is 14.9. The van der Waals surface area contributed by atoms with E-state index in [2.05, 4.69) is 21.5 Å². The average Bonchev–Trinajstić information content (AvgIpc) is 4.12. The average molecular weight is 963 g/mol. The Morgan fingerprint density at radius 2 is 1.84 bits per heavy atom. The number of nitrogens with zero attached hydrogens (tertiary/aromatic N) is 5. The third-order valence-electron chi connectivity index (χ3n) is 12.7. The summed E-state index contributed by atoms with van der Waals surface area (Å²) in [6, 6.07) is 1.86. The maximum Gasteiger partial charge on any atom is 0.259 e. The summed E-state index contributed by atoms with van der Waals surface area (Å²) in [7, 11) is -7.94. The van der Waals surface area contributed by atoms with Gasteiger partial charge >= 0.3 is 0 Å². The molecule has 3 aliphatic heterocycles. The van der Waals surface area contributed by atoms with Crippen molar-refractivity contribution in [1.29, 1.82) is 0 Å². The molecule has 5 fully saturated rings. The first-order valence-corrected chi connectivity index (χ1v) is 26.3. The molecule has 2 aliphatic carbocycles. The lowest BCUT2D eigenvalue weighted by Crippen LogP contribution is -2.68. The SMILES string of the molecule is C=C[C@@H]1C[C@]1(NC(=O)[C@@H]1C[C@@H](Oc2cc(-c3nc(C(C)C)cs3)nc3c(Cl)c(OCCN4CCOCC4)ccc23)[C@H]2CN(S(C)(=O)=O)[C@H](C(C)(C)C)C(=O)N21)C(=O)NS(=O)(=O)C1CC1. The van der Waals surface area contributed by atoms with Crippen LogP contribution in [0.1, 0.15) is 71.9 Å². The van der Waals surface area contributed by atoms with Gasteiger partial charge < -0.3 is 24.4 Å². The molecule has 17 nitrogen and oxygen atoms in total. The topological polar surface area (TPSA) is 207 Å². The molecule has 2 aromatic heterocycles. The summed E-state index contributed by atoms with van der Waals surface area (Å²) in [6.45, 7) is 16.9. The molecular weight excluding hydrogens is 906 g/mol. The van der Waals surface area contributed by atoms with Crippen LogP contribution in [0.3, 0.4) is 0 Å². The Morgan fingerprint density at radius 3 is 2.45 bits per heavy atom. The monoisotopic (exact) mass is 961 g/mol. The number of ether oxygens (including phenoxy) is 3. The molecule has 0 radical (unpaired) electrons. The van der Waals surface area contributed by atoms with Gasteiger partial charge in [0.05, 0.1) is 42.0 Å². The Bertz CT molecular complexity index is 2570. The van der Waals surface area contributed by atoms with Gasteiger partial charge in [-0.2, -0.15) is 4.31 Å². The first kappa shape index (κ1) is 46.6. The molecule has 2 N–H and O–H groups in total.